The molecule has 1 aliphatic heterocycles. The third kappa shape index (κ3) is 7.94. The molecule has 3 aromatic rings. The van der Waals surface area contributed by atoms with Crippen molar-refractivity contribution in [2.24, 2.45) is 0 Å². The van der Waals surface area contributed by atoms with Crippen LogP contribution >= 0.6 is 0 Å². The Balaban J connectivity index is 0.00000380. The van der Waals surface area contributed by atoms with Crippen LogP contribution in [0.4, 0.5) is 5.82 Å². The normalized spacial score (nSPS) is 15.5. The van der Waals surface area contributed by atoms with Crippen molar-refractivity contribution in [3.63, 3.8) is 0 Å². The molecule has 1 radical (unpaired) electrons. The number of unbranched alkanes of at least 4 members (excludes halogenated alkanes) is 3. The summed E-state index contributed by atoms with van der Waals surface area (Å²) in [7, 11) is 2.21. The summed E-state index contributed by atoms with van der Waals surface area (Å²) in [4.78, 5) is 14.3. The number of hydrogen-bond donors (Lipinski definition) is 0. The number of likely N-dealkylation sites (N-methyl/N-ethyl adjacent to an activating group) is 1. The third-order valence-corrected chi connectivity index (χ3v) is 7.09. The Hall–Kier alpha value is -1.61. The zero-order chi connectivity index (χ0) is 25.5. The van der Waals surface area contributed by atoms with Crippen molar-refractivity contribution < 1.29 is 29.6 Å². The number of para-hydroxylation sites is 1. The molecule has 9 heteroatoms. The molecule has 0 unspecified atom stereocenters. The monoisotopic (exact) mass is 688 g/mol. The van der Waals surface area contributed by atoms with Crippen molar-refractivity contribution in [2.45, 2.75) is 65.2 Å². The topological polar surface area (TPSA) is 79.4 Å². The maximum Gasteiger partial charge on any atom is 0.136 e. The van der Waals surface area contributed by atoms with Crippen LogP contribution in [0.15, 0.2) is 24.3 Å². The van der Waals surface area contributed by atoms with Gasteiger partial charge in [-0.3, -0.25) is 0 Å². The predicted molar refractivity (Wildman–Crippen MR) is 147 cm³/mol. The molecular formula is C28H43IrN6O2-. The maximum absolute atomic E-state index is 8.47. The van der Waals surface area contributed by atoms with Crippen molar-refractivity contribution in [3.8, 4) is 0 Å². The number of piperazine rings is 1. The number of imidazole rings is 1. The molecule has 1 saturated heterocycles. The summed E-state index contributed by atoms with van der Waals surface area (Å²) in [6.07, 6.45) is 4.80. The van der Waals surface area contributed by atoms with E-state index in [0.717, 1.165) is 35.3 Å². The summed E-state index contributed by atoms with van der Waals surface area (Å²) in [5, 5.41) is 1.01. The van der Waals surface area contributed by atoms with Gasteiger partial charge in [-0.2, -0.15) is 0 Å². The second-order valence-corrected chi connectivity index (χ2v) is 10.6. The number of fused-ring (bicyclic) bond motifs is 3. The quantitative estimate of drug-likeness (QED) is 0.224. The summed E-state index contributed by atoms with van der Waals surface area (Å²) in [6, 6.07) is 7.99. The predicted octanol–water partition coefficient (Wildman–Crippen LogP) is 5.41. The molecule has 1 fully saturated rings. The van der Waals surface area contributed by atoms with Gasteiger partial charge < -0.3 is 34.6 Å². The van der Waals surface area contributed by atoms with Gasteiger partial charge in [0.2, 0.25) is 0 Å². The Morgan fingerprint density at radius 3 is 2.49 bits per heavy atom. The molecule has 1 N–H and O–H groups in total. The smallest absolute Gasteiger partial charge is 0.136 e. The average Bonchev–Trinajstić information content (AvgIpc) is 3.21. The van der Waals surface area contributed by atoms with Crippen LogP contribution in [0.25, 0.3) is 27.7 Å². The molecule has 207 valence electrons. The number of benzene rings is 1. The Morgan fingerprint density at radius 1 is 1.00 bits per heavy atom. The number of rotatable bonds is 13. The second-order valence-electron chi connectivity index (χ2n) is 10.6. The molecule has 8 nitrogen and oxygen atoms in total. The molecule has 3 heterocycles. The molecule has 0 bridgehead atoms. The van der Waals surface area contributed by atoms with Gasteiger partial charge in [-0.15, -0.1) is 0 Å². The van der Waals surface area contributed by atoms with E-state index in [-0.39, 0.29) is 31.5 Å². The van der Waals surface area contributed by atoms with Crippen molar-refractivity contribution in [3.05, 3.63) is 35.8 Å². The fourth-order valence-corrected chi connectivity index (χ4v) is 4.99. The van der Waals surface area contributed by atoms with Gasteiger partial charge in [-0.05, 0) is 58.5 Å². The number of aromatic nitrogens is 3. The molecule has 1 aliphatic rings. The number of hydrogen-bond acceptors (Lipinski definition) is 6. The van der Waals surface area contributed by atoms with E-state index >= 15 is 0 Å². The van der Waals surface area contributed by atoms with Gasteiger partial charge in [0.05, 0.1) is 23.2 Å². The summed E-state index contributed by atoms with van der Waals surface area (Å²) in [5.41, 5.74) is 10.5. The van der Waals surface area contributed by atoms with Crippen molar-refractivity contribution in [2.75, 3.05) is 53.0 Å². The molecule has 37 heavy (non-hydrogen) atoms. The Kier molecular flexibility index (Phi) is 11.3. The number of pyridine rings is 1. The minimum atomic E-state index is -0.374. The molecule has 0 amide bonds. The Morgan fingerprint density at radius 2 is 1.73 bits per heavy atom. The standard InChI is InChI=1S/C28H43N6O2.Ir/c1-5-35-20-24-31-25-26(22-12-8-9-13-23(22)30-27(25)29)34(24)21-28(2,3)36-19-11-7-6-10-14-33-17-15-32(4)16-18-33;/h8-9,12-13H,5-7,10-11,14-21H2,1-4H3,(H-,29,30);/q-1;. The van der Waals surface area contributed by atoms with Crippen LogP contribution in [0.3, 0.4) is 0 Å². The van der Waals surface area contributed by atoms with Gasteiger partial charge >= 0.3 is 0 Å². The Labute approximate surface area is 235 Å². The number of ether oxygens (including phenoxy) is 2. The van der Waals surface area contributed by atoms with Gasteiger partial charge in [0.25, 0.3) is 0 Å². The van der Waals surface area contributed by atoms with E-state index in [1.165, 1.54) is 52.0 Å². The van der Waals surface area contributed by atoms with Gasteiger partial charge in [-0.25, -0.2) is 4.98 Å². The first-order chi connectivity index (χ1) is 17.4. The maximum atomic E-state index is 8.47. The van der Waals surface area contributed by atoms with Crippen LogP contribution in [0.5, 0.6) is 0 Å². The number of nitrogens with one attached hydrogen (secondary N) is 1. The number of nitrogens with zero attached hydrogens (tertiary/aromatic N) is 5. The van der Waals surface area contributed by atoms with Gasteiger partial charge in [-0.1, -0.05) is 37.1 Å². The minimum Gasteiger partial charge on any atom is -0.480 e. The fourth-order valence-electron chi connectivity index (χ4n) is 4.99. The molecular weight excluding hydrogens is 645 g/mol. The van der Waals surface area contributed by atoms with Crippen molar-refractivity contribution in [1.29, 1.82) is 0 Å². The zero-order valence-electron chi connectivity index (χ0n) is 22.9. The van der Waals surface area contributed by atoms with E-state index in [4.69, 9.17) is 20.2 Å². The Bertz CT molecular complexity index is 1130. The van der Waals surface area contributed by atoms with Crippen molar-refractivity contribution >= 4 is 27.8 Å². The van der Waals surface area contributed by atoms with Crippen LogP contribution in [0, 0.1) is 0 Å². The fraction of sp³-hybridized carbons (Fsp3) is 0.643. The third-order valence-electron chi connectivity index (χ3n) is 7.09. The molecule has 4 rings (SSSR count). The molecule has 2 aromatic heterocycles. The summed E-state index contributed by atoms with van der Waals surface area (Å²) < 4.78 is 14.3. The van der Waals surface area contributed by atoms with Crippen LogP contribution in [-0.2, 0) is 42.7 Å². The first kappa shape index (κ1) is 29.9. The van der Waals surface area contributed by atoms with Crippen LogP contribution < -0.4 is 0 Å². The van der Waals surface area contributed by atoms with E-state index in [0.29, 0.717) is 25.3 Å². The summed E-state index contributed by atoms with van der Waals surface area (Å²) >= 11 is 0. The minimum absolute atomic E-state index is 0. The SMILES string of the molecule is CCOCc1nc2c([NH-])nc3ccccc3c2n1CC(C)(C)OCCCCCCN1CCN(C)CC1.[Ir]. The van der Waals surface area contributed by atoms with E-state index in [2.05, 4.69) is 46.3 Å². The average molecular weight is 688 g/mol. The molecule has 0 atom stereocenters. The first-order valence-electron chi connectivity index (χ1n) is 13.5. The molecule has 0 aliphatic carbocycles. The summed E-state index contributed by atoms with van der Waals surface area (Å²) in [6.45, 7) is 14.7. The van der Waals surface area contributed by atoms with E-state index < -0.39 is 0 Å². The van der Waals surface area contributed by atoms with Crippen LogP contribution in [0.1, 0.15) is 52.3 Å². The second kappa shape index (κ2) is 14.0. The van der Waals surface area contributed by atoms with Gasteiger partial charge in [0, 0.05) is 64.9 Å². The largest absolute Gasteiger partial charge is 0.480 e. The van der Waals surface area contributed by atoms with Gasteiger partial charge in [0.15, 0.2) is 0 Å². The van der Waals surface area contributed by atoms with E-state index in [1.807, 2.05) is 25.1 Å². The van der Waals surface area contributed by atoms with Crippen LogP contribution in [-0.4, -0.2) is 82.9 Å². The molecule has 0 saturated carbocycles. The summed E-state index contributed by atoms with van der Waals surface area (Å²) in [5.74, 6) is 1.02. The zero-order valence-corrected chi connectivity index (χ0v) is 25.3. The van der Waals surface area contributed by atoms with Gasteiger partial charge in [0.1, 0.15) is 12.4 Å². The molecule has 0 spiro atoms. The van der Waals surface area contributed by atoms with Crippen LogP contribution in [0.2, 0.25) is 0 Å². The van der Waals surface area contributed by atoms with E-state index in [9.17, 15) is 0 Å². The van der Waals surface area contributed by atoms with E-state index in [1.54, 1.807) is 0 Å². The first-order valence-corrected chi connectivity index (χ1v) is 13.5. The van der Waals surface area contributed by atoms with Crippen molar-refractivity contribution in [1.82, 2.24) is 24.3 Å². The molecule has 1 aromatic carbocycles.